The lowest BCUT2D eigenvalue weighted by atomic mass is 10.1. The Bertz CT molecular complexity index is 596. The van der Waals surface area contributed by atoms with Gasteiger partial charge in [0.2, 0.25) is 0 Å². The van der Waals surface area contributed by atoms with Crippen LogP contribution in [0.25, 0.3) is 0 Å². The molecular formula is C11H7F3N2O2S. The topological polar surface area (TPSA) is 66.0 Å². The van der Waals surface area contributed by atoms with Crippen molar-refractivity contribution in [1.82, 2.24) is 9.97 Å². The molecule has 0 saturated heterocycles. The Balaban J connectivity index is 2.41. The van der Waals surface area contributed by atoms with Gasteiger partial charge in [0.25, 0.3) is 0 Å². The Labute approximate surface area is 109 Å². The number of nitrogens with zero attached hydrogens (tertiary/aromatic N) is 1. The number of benzene rings is 1. The zero-order valence-electron chi connectivity index (χ0n) is 9.23. The van der Waals surface area contributed by atoms with Gasteiger partial charge in [0.15, 0.2) is 5.16 Å². The van der Waals surface area contributed by atoms with Gasteiger partial charge in [-0.05, 0) is 18.2 Å². The Morgan fingerprint density at radius 3 is 2.63 bits per heavy atom. The lowest BCUT2D eigenvalue weighted by Crippen LogP contribution is -2.12. The molecule has 0 aliphatic heterocycles. The summed E-state index contributed by atoms with van der Waals surface area (Å²) in [4.78, 5) is 17.6. The zero-order valence-corrected chi connectivity index (χ0v) is 10.0. The molecule has 1 aromatic heterocycles. The van der Waals surface area contributed by atoms with Crippen molar-refractivity contribution in [2.75, 3.05) is 0 Å². The second-order valence-corrected chi connectivity index (χ2v) is 4.57. The summed E-state index contributed by atoms with van der Waals surface area (Å²) in [5, 5.41) is 9.18. The molecule has 0 fully saturated rings. The molecule has 8 heteroatoms. The third-order valence-electron chi connectivity index (χ3n) is 2.21. The van der Waals surface area contributed by atoms with Crippen molar-refractivity contribution >= 4 is 17.7 Å². The van der Waals surface area contributed by atoms with Gasteiger partial charge in [0.1, 0.15) is 0 Å². The number of carboxylic acids is 1. The van der Waals surface area contributed by atoms with Gasteiger partial charge in [-0.3, -0.25) is 0 Å². The van der Waals surface area contributed by atoms with E-state index in [1.807, 2.05) is 0 Å². The van der Waals surface area contributed by atoms with E-state index in [0.29, 0.717) is 5.16 Å². The lowest BCUT2D eigenvalue weighted by molar-refractivity contribution is -0.138. The molecule has 0 bridgehead atoms. The summed E-state index contributed by atoms with van der Waals surface area (Å²) in [6.07, 6.45) is -1.70. The fourth-order valence-corrected chi connectivity index (χ4v) is 2.20. The second-order valence-electron chi connectivity index (χ2n) is 3.51. The van der Waals surface area contributed by atoms with Crippen LogP contribution >= 0.6 is 11.8 Å². The van der Waals surface area contributed by atoms with Crippen LogP contribution in [0, 0.1) is 0 Å². The third-order valence-corrected chi connectivity index (χ3v) is 3.12. The number of imidazole rings is 1. The van der Waals surface area contributed by atoms with Crippen LogP contribution in [-0.4, -0.2) is 21.0 Å². The maximum atomic E-state index is 12.8. The maximum Gasteiger partial charge on any atom is 0.417 e. The summed E-state index contributed by atoms with van der Waals surface area (Å²) in [5.74, 6) is -1.61. The smallest absolute Gasteiger partial charge is 0.417 e. The lowest BCUT2D eigenvalue weighted by Gasteiger charge is -2.11. The van der Waals surface area contributed by atoms with Crippen LogP contribution in [0.15, 0.2) is 40.6 Å². The average molecular weight is 288 g/mol. The quantitative estimate of drug-likeness (QED) is 0.909. The van der Waals surface area contributed by atoms with Crippen molar-refractivity contribution in [2.45, 2.75) is 16.2 Å². The number of carboxylic acid groups (broad SMARTS) is 1. The van der Waals surface area contributed by atoms with Gasteiger partial charge in [0.05, 0.1) is 11.1 Å². The third kappa shape index (κ3) is 3.08. The first-order valence-electron chi connectivity index (χ1n) is 4.99. The number of halogens is 3. The van der Waals surface area contributed by atoms with Crippen molar-refractivity contribution in [3.63, 3.8) is 0 Å². The predicted molar refractivity (Wildman–Crippen MR) is 61.1 cm³/mol. The van der Waals surface area contributed by atoms with Crippen LogP contribution in [0.1, 0.15) is 15.9 Å². The minimum Gasteiger partial charge on any atom is -0.478 e. The van der Waals surface area contributed by atoms with Crippen LogP contribution in [0.4, 0.5) is 13.2 Å². The van der Waals surface area contributed by atoms with Crippen molar-refractivity contribution in [2.24, 2.45) is 0 Å². The number of nitrogens with one attached hydrogen (secondary N) is 1. The summed E-state index contributed by atoms with van der Waals surface area (Å²) in [6, 6.07) is 3.05. The van der Waals surface area contributed by atoms with E-state index in [2.05, 4.69) is 9.97 Å². The fourth-order valence-electron chi connectivity index (χ4n) is 1.43. The fraction of sp³-hybridized carbons (Fsp3) is 0.0909. The molecule has 4 nitrogen and oxygen atoms in total. The molecular weight excluding hydrogens is 281 g/mol. The van der Waals surface area contributed by atoms with E-state index in [-0.39, 0.29) is 4.90 Å². The number of H-pyrrole nitrogens is 1. The Kier molecular flexibility index (Phi) is 3.52. The summed E-state index contributed by atoms with van der Waals surface area (Å²) in [6.45, 7) is 0. The van der Waals surface area contributed by atoms with Crippen LogP contribution in [0.5, 0.6) is 0 Å². The average Bonchev–Trinajstić information content (AvgIpc) is 2.80. The largest absolute Gasteiger partial charge is 0.478 e. The van der Waals surface area contributed by atoms with E-state index in [9.17, 15) is 18.0 Å². The second kappa shape index (κ2) is 4.96. The van der Waals surface area contributed by atoms with E-state index >= 15 is 0 Å². The first-order valence-corrected chi connectivity index (χ1v) is 5.81. The highest BCUT2D eigenvalue weighted by atomic mass is 32.2. The van der Waals surface area contributed by atoms with Crippen molar-refractivity contribution in [1.29, 1.82) is 0 Å². The van der Waals surface area contributed by atoms with Crippen molar-refractivity contribution in [3.8, 4) is 0 Å². The molecule has 2 N–H and O–H groups in total. The minimum absolute atomic E-state index is 0.257. The zero-order chi connectivity index (χ0) is 14.0. The Hall–Kier alpha value is -1.96. The Morgan fingerprint density at radius 2 is 2.11 bits per heavy atom. The van der Waals surface area contributed by atoms with Crippen molar-refractivity contribution < 1.29 is 23.1 Å². The number of aromatic nitrogens is 2. The molecule has 100 valence electrons. The summed E-state index contributed by atoms with van der Waals surface area (Å²) in [5.41, 5.74) is -1.94. The van der Waals surface area contributed by atoms with Gasteiger partial charge in [-0.15, -0.1) is 0 Å². The highest BCUT2D eigenvalue weighted by molar-refractivity contribution is 7.99. The molecule has 0 aliphatic rings. The number of aromatic amines is 1. The van der Waals surface area contributed by atoms with Gasteiger partial charge in [-0.25, -0.2) is 9.78 Å². The molecule has 1 aromatic carbocycles. The van der Waals surface area contributed by atoms with Gasteiger partial charge in [-0.1, -0.05) is 11.8 Å². The number of rotatable bonds is 3. The molecule has 2 aromatic rings. The van der Waals surface area contributed by atoms with Crippen molar-refractivity contribution in [3.05, 3.63) is 41.7 Å². The van der Waals surface area contributed by atoms with E-state index in [4.69, 9.17) is 5.11 Å². The number of carbonyl (C=O) groups is 1. The molecule has 2 rings (SSSR count). The standard InChI is InChI=1S/C11H7F3N2O2S/c12-11(13,14)8-5-6(1-2-7(8)9(17)18)19-10-15-3-4-16-10/h1-5H,(H,15,16)(H,17,18). The van der Waals surface area contributed by atoms with E-state index < -0.39 is 23.3 Å². The molecule has 0 saturated carbocycles. The molecule has 0 spiro atoms. The van der Waals surface area contributed by atoms with Crippen LogP contribution in [0.2, 0.25) is 0 Å². The van der Waals surface area contributed by atoms with Gasteiger partial charge < -0.3 is 10.1 Å². The number of hydrogen-bond acceptors (Lipinski definition) is 3. The highest BCUT2D eigenvalue weighted by Gasteiger charge is 2.35. The molecule has 0 radical (unpaired) electrons. The molecule has 0 amide bonds. The minimum atomic E-state index is -4.71. The number of hydrogen-bond donors (Lipinski definition) is 2. The summed E-state index contributed by atoms with van der Waals surface area (Å²) in [7, 11) is 0. The first kappa shape index (κ1) is 13.5. The van der Waals surface area contributed by atoms with Gasteiger partial charge in [0, 0.05) is 17.3 Å². The van der Waals surface area contributed by atoms with E-state index in [1.54, 1.807) is 6.20 Å². The summed E-state index contributed by atoms with van der Waals surface area (Å²) < 4.78 is 38.3. The highest BCUT2D eigenvalue weighted by Crippen LogP contribution is 2.35. The van der Waals surface area contributed by atoms with Gasteiger partial charge in [-0.2, -0.15) is 13.2 Å². The van der Waals surface area contributed by atoms with E-state index in [1.165, 1.54) is 12.3 Å². The molecule has 19 heavy (non-hydrogen) atoms. The molecule has 0 aliphatic carbocycles. The number of aromatic carboxylic acids is 1. The van der Waals surface area contributed by atoms with Crippen LogP contribution < -0.4 is 0 Å². The Morgan fingerprint density at radius 1 is 1.37 bits per heavy atom. The molecule has 0 unspecified atom stereocenters. The first-order chi connectivity index (χ1) is 8.88. The van der Waals surface area contributed by atoms with Gasteiger partial charge >= 0.3 is 12.1 Å². The summed E-state index contributed by atoms with van der Waals surface area (Å²) >= 11 is 0.985. The molecule has 1 heterocycles. The maximum absolute atomic E-state index is 12.8. The van der Waals surface area contributed by atoms with Crippen LogP contribution in [0.3, 0.4) is 0 Å². The van der Waals surface area contributed by atoms with E-state index in [0.717, 1.165) is 23.9 Å². The number of alkyl halides is 3. The molecule has 0 atom stereocenters. The van der Waals surface area contributed by atoms with Crippen LogP contribution in [-0.2, 0) is 6.18 Å². The SMILES string of the molecule is O=C(O)c1ccc(Sc2ncc[nH]2)cc1C(F)(F)F. The normalized spacial score (nSPS) is 11.5. The predicted octanol–water partition coefficient (Wildman–Crippen LogP) is 3.28. The monoisotopic (exact) mass is 288 g/mol.